The van der Waals surface area contributed by atoms with Gasteiger partial charge in [0.25, 0.3) is 0 Å². The first-order valence-corrected chi connectivity index (χ1v) is 6.07. The molecule has 0 bridgehead atoms. The van der Waals surface area contributed by atoms with Crippen LogP contribution < -0.4 is 5.73 Å². The van der Waals surface area contributed by atoms with E-state index in [1.165, 1.54) is 0 Å². The third kappa shape index (κ3) is 2.97. The van der Waals surface area contributed by atoms with E-state index in [4.69, 9.17) is 14.9 Å². The molecule has 0 saturated heterocycles. The molecular weight excluding hydrogens is 228 g/mol. The minimum Gasteiger partial charge on any atom is -0.443 e. The van der Waals surface area contributed by atoms with Crippen LogP contribution in [-0.4, -0.2) is 18.6 Å². The average Bonchev–Trinajstić information content (AvgIpc) is 2.87. The molecular formula is C14H18N2O2. The van der Waals surface area contributed by atoms with Crippen molar-refractivity contribution in [1.82, 2.24) is 4.98 Å². The van der Waals surface area contributed by atoms with Crippen LogP contribution in [0.15, 0.2) is 40.9 Å². The molecule has 1 unspecified atom stereocenters. The van der Waals surface area contributed by atoms with E-state index in [1.807, 2.05) is 30.3 Å². The number of nitrogens with two attached hydrogens (primary N) is 1. The van der Waals surface area contributed by atoms with E-state index in [0.29, 0.717) is 12.4 Å². The molecule has 0 spiro atoms. The second kappa shape index (κ2) is 6.33. The lowest BCUT2D eigenvalue weighted by Crippen LogP contribution is -2.02. The fourth-order valence-electron chi connectivity index (χ4n) is 1.86. The largest absolute Gasteiger partial charge is 0.443 e. The fourth-order valence-corrected chi connectivity index (χ4v) is 1.86. The quantitative estimate of drug-likeness (QED) is 0.849. The number of rotatable bonds is 6. The van der Waals surface area contributed by atoms with Crippen LogP contribution in [0.3, 0.4) is 0 Å². The Kier molecular flexibility index (Phi) is 4.50. The van der Waals surface area contributed by atoms with Crippen molar-refractivity contribution in [3.8, 4) is 0 Å². The number of ether oxygens (including phenoxy) is 1. The summed E-state index contributed by atoms with van der Waals surface area (Å²) in [6.07, 6.45) is 3.17. The SMILES string of the molecule is COC(c1ccccc1)c1cnc(CCCN)o1. The monoisotopic (exact) mass is 246 g/mol. The Morgan fingerprint density at radius 2 is 2.11 bits per heavy atom. The molecule has 1 heterocycles. The third-order valence-electron chi connectivity index (χ3n) is 2.76. The zero-order valence-corrected chi connectivity index (χ0v) is 10.5. The summed E-state index contributed by atoms with van der Waals surface area (Å²) in [5.41, 5.74) is 6.52. The van der Waals surface area contributed by atoms with Gasteiger partial charge in [-0.05, 0) is 18.5 Å². The van der Waals surface area contributed by atoms with Gasteiger partial charge in [-0.3, -0.25) is 0 Å². The van der Waals surface area contributed by atoms with Gasteiger partial charge in [-0.2, -0.15) is 0 Å². The molecule has 0 radical (unpaired) electrons. The van der Waals surface area contributed by atoms with Gasteiger partial charge in [-0.15, -0.1) is 0 Å². The number of nitrogens with zero attached hydrogens (tertiary/aromatic N) is 1. The molecule has 1 aromatic heterocycles. The highest BCUT2D eigenvalue weighted by atomic mass is 16.5. The van der Waals surface area contributed by atoms with Crippen LogP contribution in [0.5, 0.6) is 0 Å². The maximum Gasteiger partial charge on any atom is 0.194 e. The molecule has 0 aliphatic heterocycles. The van der Waals surface area contributed by atoms with Crippen molar-refractivity contribution in [1.29, 1.82) is 0 Å². The Morgan fingerprint density at radius 3 is 2.78 bits per heavy atom. The zero-order chi connectivity index (χ0) is 12.8. The Morgan fingerprint density at radius 1 is 1.33 bits per heavy atom. The molecule has 96 valence electrons. The van der Waals surface area contributed by atoms with E-state index < -0.39 is 0 Å². The van der Waals surface area contributed by atoms with Crippen LogP contribution in [-0.2, 0) is 11.2 Å². The van der Waals surface area contributed by atoms with Gasteiger partial charge in [0, 0.05) is 13.5 Å². The third-order valence-corrected chi connectivity index (χ3v) is 2.76. The highest BCUT2D eigenvalue weighted by Crippen LogP contribution is 2.25. The van der Waals surface area contributed by atoms with Gasteiger partial charge >= 0.3 is 0 Å². The van der Waals surface area contributed by atoms with Gasteiger partial charge in [-0.1, -0.05) is 30.3 Å². The molecule has 0 saturated carbocycles. The van der Waals surface area contributed by atoms with Crippen molar-refractivity contribution in [2.45, 2.75) is 18.9 Å². The van der Waals surface area contributed by atoms with Crippen molar-refractivity contribution in [3.63, 3.8) is 0 Å². The Balaban J connectivity index is 2.15. The van der Waals surface area contributed by atoms with Crippen LogP contribution in [0.1, 0.15) is 29.7 Å². The molecule has 0 fully saturated rings. The summed E-state index contributed by atoms with van der Waals surface area (Å²) in [7, 11) is 1.67. The highest BCUT2D eigenvalue weighted by molar-refractivity contribution is 5.23. The lowest BCUT2D eigenvalue weighted by Gasteiger charge is -2.12. The van der Waals surface area contributed by atoms with E-state index in [9.17, 15) is 0 Å². The number of methoxy groups -OCH3 is 1. The Labute approximate surface area is 107 Å². The molecule has 2 N–H and O–H groups in total. The van der Waals surface area contributed by atoms with E-state index >= 15 is 0 Å². The van der Waals surface area contributed by atoms with Gasteiger partial charge in [0.1, 0.15) is 6.10 Å². The lowest BCUT2D eigenvalue weighted by molar-refractivity contribution is 0.115. The van der Waals surface area contributed by atoms with Gasteiger partial charge in [0.2, 0.25) is 0 Å². The summed E-state index contributed by atoms with van der Waals surface area (Å²) >= 11 is 0. The Hall–Kier alpha value is -1.65. The summed E-state index contributed by atoms with van der Waals surface area (Å²) in [5.74, 6) is 1.45. The number of oxazole rings is 1. The van der Waals surface area contributed by atoms with E-state index in [1.54, 1.807) is 13.3 Å². The zero-order valence-electron chi connectivity index (χ0n) is 10.5. The fraction of sp³-hybridized carbons (Fsp3) is 0.357. The first-order chi connectivity index (χ1) is 8.85. The lowest BCUT2D eigenvalue weighted by atomic mass is 10.1. The van der Waals surface area contributed by atoms with Crippen molar-refractivity contribution < 1.29 is 9.15 Å². The summed E-state index contributed by atoms with van der Waals surface area (Å²) in [6.45, 7) is 0.643. The maximum atomic E-state index is 5.70. The predicted molar refractivity (Wildman–Crippen MR) is 69.2 cm³/mol. The van der Waals surface area contributed by atoms with E-state index in [0.717, 1.165) is 24.2 Å². The molecule has 1 aromatic carbocycles. The first kappa shape index (κ1) is 12.8. The number of aryl methyl sites for hydroxylation is 1. The topological polar surface area (TPSA) is 61.3 Å². The maximum absolute atomic E-state index is 5.70. The normalized spacial score (nSPS) is 12.6. The molecule has 1 atom stereocenters. The molecule has 0 amide bonds. The van der Waals surface area contributed by atoms with Crippen molar-refractivity contribution >= 4 is 0 Å². The standard InChI is InChI=1S/C14H18N2O2/c1-17-14(11-6-3-2-4-7-11)12-10-16-13(18-12)8-5-9-15/h2-4,6-7,10,14H,5,8-9,15H2,1H3. The van der Waals surface area contributed by atoms with Crippen LogP contribution >= 0.6 is 0 Å². The van der Waals surface area contributed by atoms with Gasteiger partial charge in [0.05, 0.1) is 6.20 Å². The van der Waals surface area contributed by atoms with Gasteiger partial charge in [-0.25, -0.2) is 4.98 Å². The number of hydrogen-bond donors (Lipinski definition) is 1. The Bertz CT molecular complexity index is 468. The first-order valence-electron chi connectivity index (χ1n) is 6.07. The molecule has 0 aliphatic rings. The van der Waals surface area contributed by atoms with Crippen LogP contribution in [0.2, 0.25) is 0 Å². The van der Waals surface area contributed by atoms with E-state index in [2.05, 4.69) is 4.98 Å². The van der Waals surface area contributed by atoms with Crippen molar-refractivity contribution in [2.24, 2.45) is 5.73 Å². The second-order valence-corrected chi connectivity index (χ2v) is 4.08. The van der Waals surface area contributed by atoms with Gasteiger partial charge < -0.3 is 14.9 Å². The summed E-state index contributed by atoms with van der Waals surface area (Å²) in [4.78, 5) is 4.25. The van der Waals surface area contributed by atoms with Crippen LogP contribution in [0.25, 0.3) is 0 Å². The number of benzene rings is 1. The molecule has 18 heavy (non-hydrogen) atoms. The summed E-state index contributed by atoms with van der Waals surface area (Å²) in [5, 5.41) is 0. The molecule has 2 aromatic rings. The van der Waals surface area contributed by atoms with Crippen LogP contribution in [0, 0.1) is 0 Å². The van der Waals surface area contributed by atoms with E-state index in [-0.39, 0.29) is 6.10 Å². The number of hydrogen-bond acceptors (Lipinski definition) is 4. The van der Waals surface area contributed by atoms with Crippen LogP contribution in [0.4, 0.5) is 0 Å². The molecule has 4 nitrogen and oxygen atoms in total. The molecule has 4 heteroatoms. The van der Waals surface area contributed by atoms with Gasteiger partial charge in [0.15, 0.2) is 11.7 Å². The summed E-state index contributed by atoms with van der Waals surface area (Å²) in [6, 6.07) is 9.95. The minimum atomic E-state index is -0.203. The van der Waals surface area contributed by atoms with Crippen molar-refractivity contribution in [3.05, 3.63) is 53.7 Å². The molecule has 0 aliphatic carbocycles. The average molecular weight is 246 g/mol. The second-order valence-electron chi connectivity index (χ2n) is 4.08. The smallest absolute Gasteiger partial charge is 0.194 e. The van der Waals surface area contributed by atoms with Crippen molar-refractivity contribution in [2.75, 3.05) is 13.7 Å². The highest BCUT2D eigenvalue weighted by Gasteiger charge is 2.17. The minimum absolute atomic E-state index is 0.203. The summed E-state index contributed by atoms with van der Waals surface area (Å²) < 4.78 is 11.2. The number of aromatic nitrogens is 1. The predicted octanol–water partition coefficient (Wildman–Crippen LogP) is 2.30. The molecule has 2 rings (SSSR count).